The van der Waals surface area contributed by atoms with Crippen LogP contribution >= 0.6 is 0 Å². The van der Waals surface area contributed by atoms with Gasteiger partial charge in [-0.05, 0) is 49.2 Å². The van der Waals surface area contributed by atoms with Gasteiger partial charge in [0.2, 0.25) is 11.9 Å². The number of carbonyl (C=O) groups is 1. The normalized spacial score (nSPS) is 11.8. The van der Waals surface area contributed by atoms with Crippen molar-refractivity contribution in [2.45, 2.75) is 37.8 Å². The second kappa shape index (κ2) is 11.5. The Morgan fingerprint density at radius 1 is 0.972 bits per heavy atom. The van der Waals surface area contributed by atoms with E-state index in [1.807, 2.05) is 18.2 Å². The molecule has 0 saturated carbocycles. The number of hydrogen-bond donors (Lipinski definition) is 1. The fraction of sp³-hybridized carbons (Fsp3) is 0.259. The maximum Gasteiger partial charge on any atom is 0.268 e. The lowest BCUT2D eigenvalue weighted by Crippen LogP contribution is -2.26. The van der Waals surface area contributed by atoms with Gasteiger partial charge >= 0.3 is 0 Å². The third kappa shape index (κ3) is 5.98. The summed E-state index contributed by atoms with van der Waals surface area (Å²) in [7, 11) is -3.79. The highest BCUT2D eigenvalue weighted by molar-refractivity contribution is 7.90. The number of pyridine rings is 1. The van der Waals surface area contributed by atoms with Crippen molar-refractivity contribution in [3.63, 3.8) is 0 Å². The van der Waals surface area contributed by atoms with Crippen LogP contribution < -0.4 is 5.32 Å². The maximum absolute atomic E-state index is 14.4. The highest BCUT2D eigenvalue weighted by Crippen LogP contribution is 2.27. The van der Waals surface area contributed by atoms with Crippen molar-refractivity contribution in [1.29, 1.82) is 0 Å². The molecule has 0 unspecified atom stereocenters. The van der Waals surface area contributed by atoms with Gasteiger partial charge in [0.1, 0.15) is 0 Å². The second-order valence-electron chi connectivity index (χ2n) is 8.64. The molecular formula is C27H29FN4O3S. The number of unbranched alkanes of at least 4 members (excludes halogenated alkanes) is 1. The molecule has 0 radical (unpaired) electrons. The Morgan fingerprint density at radius 3 is 2.44 bits per heavy atom. The van der Waals surface area contributed by atoms with Crippen LogP contribution in [-0.2, 0) is 27.9 Å². The average molecular weight is 509 g/mol. The lowest BCUT2D eigenvalue weighted by atomic mass is 10.1. The fourth-order valence-corrected chi connectivity index (χ4v) is 5.62. The van der Waals surface area contributed by atoms with Crippen LogP contribution in [0, 0.1) is 5.95 Å². The second-order valence-corrected chi connectivity index (χ2v) is 10.5. The van der Waals surface area contributed by atoms with Crippen molar-refractivity contribution in [1.82, 2.24) is 19.2 Å². The molecule has 1 amide bonds. The van der Waals surface area contributed by atoms with E-state index in [1.165, 1.54) is 17.1 Å². The molecule has 2 heterocycles. The third-order valence-corrected chi connectivity index (χ3v) is 7.65. The Labute approximate surface area is 210 Å². The number of nitrogens with zero attached hydrogens (tertiary/aromatic N) is 3. The zero-order chi connectivity index (χ0) is 25.5. The van der Waals surface area contributed by atoms with Crippen LogP contribution in [0.5, 0.6) is 0 Å². The molecule has 9 heteroatoms. The number of fused-ring (bicyclic) bond motifs is 1. The van der Waals surface area contributed by atoms with E-state index in [-0.39, 0.29) is 10.8 Å². The number of aromatic nitrogens is 2. The first kappa shape index (κ1) is 25.5. The number of hydrogen-bond acceptors (Lipinski definition) is 5. The molecule has 36 heavy (non-hydrogen) atoms. The van der Waals surface area contributed by atoms with E-state index in [2.05, 4.69) is 15.2 Å². The molecule has 0 saturated heterocycles. The first-order valence-electron chi connectivity index (χ1n) is 11.8. The first-order chi connectivity index (χ1) is 17.4. The van der Waals surface area contributed by atoms with Gasteiger partial charge in [-0.2, -0.15) is 4.39 Å². The molecule has 4 rings (SSSR count). The summed E-state index contributed by atoms with van der Waals surface area (Å²) >= 11 is 0. The summed E-state index contributed by atoms with van der Waals surface area (Å²) in [6, 6.07) is 19.1. The quantitative estimate of drug-likeness (QED) is 0.241. The molecule has 0 bridgehead atoms. The molecule has 0 fully saturated rings. The minimum atomic E-state index is -3.79. The largest absolute Gasteiger partial charge is 0.356 e. The molecule has 188 valence electrons. The van der Waals surface area contributed by atoms with Crippen molar-refractivity contribution >= 4 is 26.8 Å². The Kier molecular flexibility index (Phi) is 8.12. The van der Waals surface area contributed by atoms with Crippen LogP contribution in [0.25, 0.3) is 10.9 Å². The Balaban J connectivity index is 1.64. The molecule has 0 aliphatic carbocycles. The average Bonchev–Trinajstić information content (AvgIpc) is 3.24. The number of amides is 1. The van der Waals surface area contributed by atoms with Crippen molar-refractivity contribution in [3.8, 4) is 0 Å². The SMILES string of the molecule is CC(=O)NCCCCN(Cc1cccnc1F)Cc1cn(S(=O)(=O)c2ccccc2)c2ccccc12. The van der Waals surface area contributed by atoms with Crippen LogP contribution in [0.15, 0.2) is 84.0 Å². The molecular weight excluding hydrogens is 479 g/mol. The minimum Gasteiger partial charge on any atom is -0.356 e. The Morgan fingerprint density at radius 2 is 1.69 bits per heavy atom. The van der Waals surface area contributed by atoms with E-state index in [9.17, 15) is 17.6 Å². The van der Waals surface area contributed by atoms with Crippen molar-refractivity contribution in [2.24, 2.45) is 0 Å². The third-order valence-electron chi connectivity index (χ3n) is 5.96. The standard InChI is InChI=1S/C27H29FN4O3S/c1-21(33)29-15-7-8-17-31(18-22-10-9-16-30-27(22)28)19-23-20-32(26-14-6-5-13-25(23)26)36(34,35)24-11-3-2-4-12-24/h2-6,9-14,16,20H,7-8,15,17-19H2,1H3,(H,29,33). The number of rotatable bonds is 11. The molecule has 1 N–H and O–H groups in total. The van der Waals surface area contributed by atoms with E-state index >= 15 is 0 Å². The number of para-hydroxylation sites is 1. The topological polar surface area (TPSA) is 84.3 Å². The van der Waals surface area contributed by atoms with Gasteiger partial charge in [0, 0.05) is 49.9 Å². The number of nitrogens with one attached hydrogen (secondary N) is 1. The van der Waals surface area contributed by atoms with E-state index in [0.29, 0.717) is 37.3 Å². The van der Waals surface area contributed by atoms with Crippen LogP contribution in [-0.4, -0.2) is 41.3 Å². The van der Waals surface area contributed by atoms with Crippen molar-refractivity contribution in [3.05, 3.63) is 96.2 Å². The number of carbonyl (C=O) groups excluding carboxylic acids is 1. The highest BCUT2D eigenvalue weighted by atomic mass is 32.2. The van der Waals surface area contributed by atoms with E-state index in [4.69, 9.17) is 0 Å². The molecule has 0 atom stereocenters. The van der Waals surface area contributed by atoms with Gasteiger partial charge in [0.05, 0.1) is 10.4 Å². The first-order valence-corrected chi connectivity index (χ1v) is 13.3. The monoisotopic (exact) mass is 508 g/mol. The van der Waals surface area contributed by atoms with Gasteiger partial charge in [-0.15, -0.1) is 0 Å². The van der Waals surface area contributed by atoms with Gasteiger partial charge < -0.3 is 5.32 Å². The summed E-state index contributed by atoms with van der Waals surface area (Å²) in [5.41, 5.74) is 1.89. The Hall–Kier alpha value is -3.56. The fourth-order valence-electron chi connectivity index (χ4n) is 4.21. The van der Waals surface area contributed by atoms with Gasteiger partial charge in [0.15, 0.2) is 0 Å². The molecule has 0 aliphatic heterocycles. The molecule has 2 aromatic heterocycles. The minimum absolute atomic E-state index is 0.0725. The van der Waals surface area contributed by atoms with E-state index in [1.54, 1.807) is 54.7 Å². The summed E-state index contributed by atoms with van der Waals surface area (Å²) in [5, 5.41) is 3.62. The highest BCUT2D eigenvalue weighted by Gasteiger charge is 2.22. The zero-order valence-corrected chi connectivity index (χ0v) is 20.9. The van der Waals surface area contributed by atoms with E-state index < -0.39 is 16.0 Å². The summed E-state index contributed by atoms with van der Waals surface area (Å²) in [5.74, 6) is -0.591. The zero-order valence-electron chi connectivity index (χ0n) is 20.1. The maximum atomic E-state index is 14.4. The van der Waals surface area contributed by atoms with Crippen LogP contribution in [0.4, 0.5) is 4.39 Å². The molecule has 7 nitrogen and oxygen atoms in total. The summed E-state index contributed by atoms with van der Waals surface area (Å²) in [6.45, 7) is 3.44. The van der Waals surface area contributed by atoms with Crippen LogP contribution in [0.3, 0.4) is 0 Å². The predicted octanol–water partition coefficient (Wildman–Crippen LogP) is 4.33. The lowest BCUT2D eigenvalue weighted by molar-refractivity contribution is -0.118. The molecule has 4 aromatic rings. The van der Waals surface area contributed by atoms with Crippen molar-refractivity contribution in [2.75, 3.05) is 13.1 Å². The van der Waals surface area contributed by atoms with Gasteiger partial charge in [-0.1, -0.05) is 42.5 Å². The summed E-state index contributed by atoms with van der Waals surface area (Å²) in [6.07, 6.45) is 4.63. The van der Waals surface area contributed by atoms with Crippen molar-refractivity contribution < 1.29 is 17.6 Å². The van der Waals surface area contributed by atoms with E-state index in [0.717, 1.165) is 23.8 Å². The van der Waals surface area contributed by atoms with Gasteiger partial charge in [-0.25, -0.2) is 17.4 Å². The van der Waals surface area contributed by atoms with Crippen LogP contribution in [0.1, 0.15) is 30.9 Å². The predicted molar refractivity (Wildman–Crippen MR) is 137 cm³/mol. The number of halogens is 1. The summed E-state index contributed by atoms with van der Waals surface area (Å²) in [4.78, 5) is 17.2. The molecule has 2 aromatic carbocycles. The van der Waals surface area contributed by atoms with Crippen LogP contribution in [0.2, 0.25) is 0 Å². The Bertz CT molecular complexity index is 1440. The lowest BCUT2D eigenvalue weighted by Gasteiger charge is -2.22. The molecule has 0 spiro atoms. The molecule has 0 aliphatic rings. The summed E-state index contributed by atoms with van der Waals surface area (Å²) < 4.78 is 42.6. The number of benzene rings is 2. The smallest absolute Gasteiger partial charge is 0.268 e. The van der Waals surface area contributed by atoms with Gasteiger partial charge in [-0.3, -0.25) is 9.69 Å². The van der Waals surface area contributed by atoms with Gasteiger partial charge in [0.25, 0.3) is 10.0 Å².